The van der Waals surface area contributed by atoms with E-state index >= 15 is 0 Å². The Balaban J connectivity index is 1.20. The Hall–Kier alpha value is -3.06. The topological polar surface area (TPSA) is 105 Å². The smallest absolute Gasteiger partial charge is 0.327 e. The molecule has 0 unspecified atom stereocenters. The molecule has 1 aromatic carbocycles. The molecule has 2 aromatic heterocycles. The number of rotatable bonds is 9. The SMILES string of the molecule is CC(C)[C@H]1c2nc(NC(=O)Cc3ccc(S(=O)(=O)CCC4CCCC4)cc3)sc2CN1c1ncc(C(F)(F)F)cn1. The number of sulfone groups is 1. The lowest BCUT2D eigenvalue weighted by Crippen LogP contribution is -2.28. The van der Waals surface area contributed by atoms with E-state index in [4.69, 9.17) is 0 Å². The van der Waals surface area contributed by atoms with E-state index in [1.807, 2.05) is 18.7 Å². The van der Waals surface area contributed by atoms with Gasteiger partial charge in [-0.25, -0.2) is 23.4 Å². The first-order chi connectivity index (χ1) is 19.4. The first-order valence-electron chi connectivity index (χ1n) is 13.7. The average Bonchev–Trinajstić information content (AvgIpc) is 3.64. The van der Waals surface area contributed by atoms with Crippen LogP contribution in [0.5, 0.6) is 0 Å². The Morgan fingerprint density at radius 2 is 1.78 bits per heavy atom. The van der Waals surface area contributed by atoms with Gasteiger partial charge in [-0.05, 0) is 36.0 Å². The fraction of sp³-hybridized carbons (Fsp3) is 0.500. The Morgan fingerprint density at radius 3 is 2.39 bits per heavy atom. The molecular weight excluding hydrogens is 575 g/mol. The lowest BCUT2D eigenvalue weighted by atomic mass is 10.0. The number of alkyl halides is 3. The normalized spacial score (nSPS) is 17.8. The van der Waals surface area contributed by atoms with E-state index in [0.717, 1.165) is 35.8 Å². The molecular formula is C28H32F3N5O3S2. The zero-order valence-electron chi connectivity index (χ0n) is 22.8. The van der Waals surface area contributed by atoms with E-state index in [2.05, 4.69) is 20.3 Å². The van der Waals surface area contributed by atoms with Gasteiger partial charge in [0.2, 0.25) is 11.9 Å². The van der Waals surface area contributed by atoms with Crippen molar-refractivity contribution in [2.24, 2.45) is 11.8 Å². The summed E-state index contributed by atoms with van der Waals surface area (Å²) in [6, 6.07) is 6.21. The summed E-state index contributed by atoms with van der Waals surface area (Å²) in [4.78, 5) is 28.3. The molecule has 1 aliphatic heterocycles. The number of hydrogen-bond donors (Lipinski definition) is 1. The fourth-order valence-corrected chi connectivity index (χ4v) is 8.00. The number of nitrogens with zero attached hydrogens (tertiary/aromatic N) is 4. The highest BCUT2D eigenvalue weighted by molar-refractivity contribution is 7.91. The molecule has 0 spiro atoms. The maximum Gasteiger partial charge on any atom is 0.419 e. The van der Waals surface area contributed by atoms with Gasteiger partial charge in [0.25, 0.3) is 0 Å². The molecule has 0 radical (unpaired) electrons. The molecule has 0 bridgehead atoms. The van der Waals surface area contributed by atoms with Gasteiger partial charge >= 0.3 is 6.18 Å². The van der Waals surface area contributed by atoms with Crippen LogP contribution in [0.4, 0.5) is 24.3 Å². The van der Waals surface area contributed by atoms with Crippen molar-refractivity contribution in [2.75, 3.05) is 16.0 Å². The average molecular weight is 608 g/mol. The van der Waals surface area contributed by atoms with Crippen LogP contribution >= 0.6 is 11.3 Å². The number of carbonyl (C=O) groups is 1. The van der Waals surface area contributed by atoms with E-state index in [1.54, 1.807) is 24.3 Å². The highest BCUT2D eigenvalue weighted by atomic mass is 32.2. The summed E-state index contributed by atoms with van der Waals surface area (Å²) in [6.45, 7) is 4.33. The number of benzene rings is 1. The molecule has 220 valence electrons. The van der Waals surface area contributed by atoms with Crippen LogP contribution in [0.2, 0.25) is 0 Å². The van der Waals surface area contributed by atoms with Crippen molar-refractivity contribution in [3.8, 4) is 0 Å². The minimum atomic E-state index is -4.51. The van der Waals surface area contributed by atoms with Crippen molar-refractivity contribution >= 4 is 38.2 Å². The molecule has 41 heavy (non-hydrogen) atoms. The minimum absolute atomic E-state index is 0.0563. The highest BCUT2D eigenvalue weighted by Crippen LogP contribution is 2.44. The molecule has 1 saturated carbocycles. The van der Waals surface area contributed by atoms with Crippen LogP contribution in [-0.2, 0) is 33.8 Å². The van der Waals surface area contributed by atoms with Gasteiger partial charge in [0.15, 0.2) is 15.0 Å². The van der Waals surface area contributed by atoms with E-state index < -0.39 is 21.6 Å². The molecule has 5 rings (SSSR count). The van der Waals surface area contributed by atoms with Gasteiger partial charge in [-0.2, -0.15) is 13.2 Å². The summed E-state index contributed by atoms with van der Waals surface area (Å²) in [6.07, 6.45) is 2.38. The van der Waals surface area contributed by atoms with E-state index in [9.17, 15) is 26.4 Å². The van der Waals surface area contributed by atoms with Crippen molar-refractivity contribution in [1.82, 2.24) is 15.0 Å². The maximum atomic E-state index is 12.9. The number of halogens is 3. The van der Waals surface area contributed by atoms with Crippen LogP contribution in [0.1, 0.15) is 73.7 Å². The molecule has 3 heterocycles. The maximum absolute atomic E-state index is 12.9. The summed E-state index contributed by atoms with van der Waals surface area (Å²) >= 11 is 1.31. The number of anilines is 2. The molecule has 3 aromatic rings. The van der Waals surface area contributed by atoms with Crippen molar-refractivity contribution in [3.05, 3.63) is 58.4 Å². The second-order valence-electron chi connectivity index (χ2n) is 11.0. The zero-order chi connectivity index (χ0) is 29.4. The number of carbonyl (C=O) groups excluding carboxylic acids is 1. The van der Waals surface area contributed by atoms with Gasteiger partial charge in [0.1, 0.15) is 0 Å². The first-order valence-corrected chi connectivity index (χ1v) is 16.1. The Bertz CT molecular complexity index is 1480. The number of amides is 1. The van der Waals surface area contributed by atoms with Crippen LogP contribution in [0.25, 0.3) is 0 Å². The summed E-state index contributed by atoms with van der Waals surface area (Å²) in [5, 5.41) is 3.26. The van der Waals surface area contributed by atoms with E-state index in [0.29, 0.717) is 29.6 Å². The summed E-state index contributed by atoms with van der Waals surface area (Å²) < 4.78 is 64.3. The molecule has 1 aliphatic carbocycles. The number of hydrogen-bond acceptors (Lipinski definition) is 8. The van der Waals surface area contributed by atoms with Gasteiger partial charge < -0.3 is 10.2 Å². The predicted molar refractivity (Wildman–Crippen MR) is 150 cm³/mol. The summed E-state index contributed by atoms with van der Waals surface area (Å²) in [5.41, 5.74) is 0.526. The van der Waals surface area contributed by atoms with Crippen LogP contribution in [0, 0.1) is 11.8 Å². The second kappa shape index (κ2) is 11.7. The fourth-order valence-electron chi connectivity index (χ4n) is 5.55. The van der Waals surface area contributed by atoms with Gasteiger partial charge in [0.05, 0.1) is 45.8 Å². The first kappa shape index (κ1) is 29.4. The lowest BCUT2D eigenvalue weighted by Gasteiger charge is -2.27. The van der Waals surface area contributed by atoms with Crippen LogP contribution in [0.15, 0.2) is 41.6 Å². The van der Waals surface area contributed by atoms with Crippen LogP contribution in [-0.4, -0.2) is 35.0 Å². The minimum Gasteiger partial charge on any atom is -0.327 e. The standard InChI is InChI=1S/C28H32F3N5O3S2/c1-17(2)25-24-22(16-36(25)26-32-14-20(15-33-26)28(29,30)31)40-27(35-24)34-23(37)13-19-7-9-21(10-8-19)41(38,39)12-11-18-5-3-4-6-18/h7-10,14-15,17-18,25H,3-6,11-13,16H2,1-2H3,(H,34,35,37)/t25-/m0/s1. The zero-order valence-corrected chi connectivity index (χ0v) is 24.4. The van der Waals surface area contributed by atoms with Crippen molar-refractivity contribution < 1.29 is 26.4 Å². The number of nitrogens with one attached hydrogen (secondary N) is 1. The molecule has 1 atom stereocenters. The van der Waals surface area contributed by atoms with Crippen molar-refractivity contribution in [2.45, 2.75) is 76.0 Å². The number of thiazole rings is 1. The van der Waals surface area contributed by atoms with E-state index in [-0.39, 0.29) is 40.9 Å². The molecule has 2 aliphatic rings. The van der Waals surface area contributed by atoms with Crippen molar-refractivity contribution in [3.63, 3.8) is 0 Å². The largest absolute Gasteiger partial charge is 0.419 e. The Kier molecular flexibility index (Phi) is 8.38. The second-order valence-corrected chi connectivity index (χ2v) is 14.2. The third-order valence-corrected chi connectivity index (χ3v) is 10.4. The molecule has 8 nitrogen and oxygen atoms in total. The molecule has 1 amide bonds. The molecule has 1 N–H and O–H groups in total. The molecule has 13 heteroatoms. The van der Waals surface area contributed by atoms with Crippen LogP contribution < -0.4 is 10.2 Å². The quantitative estimate of drug-likeness (QED) is 0.309. The Labute approximate surface area is 241 Å². The summed E-state index contributed by atoms with van der Waals surface area (Å²) in [5.74, 6) is 0.610. The predicted octanol–water partition coefficient (Wildman–Crippen LogP) is 6.20. The highest BCUT2D eigenvalue weighted by Gasteiger charge is 2.38. The number of aromatic nitrogens is 3. The third-order valence-electron chi connectivity index (χ3n) is 7.67. The van der Waals surface area contributed by atoms with Gasteiger partial charge in [0, 0.05) is 12.4 Å². The monoisotopic (exact) mass is 607 g/mol. The number of fused-ring (bicyclic) bond motifs is 1. The Morgan fingerprint density at radius 1 is 1.12 bits per heavy atom. The van der Waals surface area contributed by atoms with Crippen molar-refractivity contribution in [1.29, 1.82) is 0 Å². The molecule has 1 fully saturated rings. The van der Waals surface area contributed by atoms with Gasteiger partial charge in [-0.1, -0.05) is 63.0 Å². The van der Waals surface area contributed by atoms with E-state index in [1.165, 1.54) is 24.2 Å². The summed E-state index contributed by atoms with van der Waals surface area (Å²) in [7, 11) is -3.36. The third kappa shape index (κ3) is 6.72. The molecule has 0 saturated heterocycles. The van der Waals surface area contributed by atoms with Crippen LogP contribution in [0.3, 0.4) is 0 Å². The van der Waals surface area contributed by atoms with Gasteiger partial charge in [-0.15, -0.1) is 0 Å². The lowest BCUT2D eigenvalue weighted by molar-refractivity contribution is -0.138. The van der Waals surface area contributed by atoms with Gasteiger partial charge in [-0.3, -0.25) is 4.79 Å².